The van der Waals surface area contributed by atoms with Crippen molar-refractivity contribution in [2.45, 2.75) is 25.5 Å². The zero-order valence-electron chi connectivity index (χ0n) is 9.43. The standard InChI is InChI=1S/C12H16N2O2/c1-14(9-10-4-6-13-7-5-10)12(15)11-3-2-8-16-11/h4-7,11H,2-3,8-9H2,1H3/t11-/m0/s1. The minimum atomic E-state index is -0.230. The van der Waals surface area contributed by atoms with Crippen LogP contribution in [0.3, 0.4) is 0 Å². The first-order valence-corrected chi connectivity index (χ1v) is 5.53. The maximum atomic E-state index is 11.9. The highest BCUT2D eigenvalue weighted by molar-refractivity contribution is 5.80. The molecule has 0 aromatic carbocycles. The molecule has 1 aromatic rings. The highest BCUT2D eigenvalue weighted by Crippen LogP contribution is 2.15. The highest BCUT2D eigenvalue weighted by Gasteiger charge is 2.26. The van der Waals surface area contributed by atoms with Crippen molar-refractivity contribution in [3.63, 3.8) is 0 Å². The molecule has 0 N–H and O–H groups in total. The van der Waals surface area contributed by atoms with Crippen molar-refractivity contribution < 1.29 is 9.53 Å². The van der Waals surface area contributed by atoms with E-state index in [9.17, 15) is 4.79 Å². The van der Waals surface area contributed by atoms with Crippen LogP contribution in [0.5, 0.6) is 0 Å². The summed E-state index contributed by atoms with van der Waals surface area (Å²) in [5.41, 5.74) is 1.09. The highest BCUT2D eigenvalue weighted by atomic mass is 16.5. The maximum Gasteiger partial charge on any atom is 0.251 e. The van der Waals surface area contributed by atoms with Crippen LogP contribution in [0.1, 0.15) is 18.4 Å². The number of carbonyl (C=O) groups is 1. The van der Waals surface area contributed by atoms with Crippen molar-refractivity contribution >= 4 is 5.91 Å². The lowest BCUT2D eigenvalue weighted by Gasteiger charge is -2.20. The lowest BCUT2D eigenvalue weighted by molar-refractivity contribution is -0.140. The summed E-state index contributed by atoms with van der Waals surface area (Å²) < 4.78 is 5.37. The Kier molecular flexibility index (Phi) is 3.51. The fourth-order valence-corrected chi connectivity index (χ4v) is 1.86. The predicted molar refractivity (Wildman–Crippen MR) is 59.7 cm³/mol. The molecule has 86 valence electrons. The molecule has 16 heavy (non-hydrogen) atoms. The normalized spacial score (nSPS) is 19.7. The number of ether oxygens (including phenoxy) is 1. The maximum absolute atomic E-state index is 11.9. The van der Waals surface area contributed by atoms with E-state index in [0.29, 0.717) is 13.2 Å². The van der Waals surface area contributed by atoms with E-state index in [-0.39, 0.29) is 12.0 Å². The Labute approximate surface area is 95.2 Å². The lowest BCUT2D eigenvalue weighted by atomic mass is 10.2. The Bertz CT molecular complexity index is 347. The summed E-state index contributed by atoms with van der Waals surface area (Å²) in [5.74, 6) is 0.0781. The Morgan fingerprint density at radius 2 is 2.31 bits per heavy atom. The van der Waals surface area contributed by atoms with Gasteiger partial charge in [-0.3, -0.25) is 9.78 Å². The summed E-state index contributed by atoms with van der Waals surface area (Å²) in [5, 5.41) is 0. The SMILES string of the molecule is CN(Cc1ccncc1)C(=O)[C@@H]1CCCO1. The first kappa shape index (κ1) is 11.1. The molecule has 2 heterocycles. The number of aromatic nitrogens is 1. The molecule has 0 aliphatic carbocycles. The van der Waals surface area contributed by atoms with Crippen LogP contribution in [0.15, 0.2) is 24.5 Å². The molecule has 0 spiro atoms. The van der Waals surface area contributed by atoms with E-state index in [1.165, 1.54) is 0 Å². The third kappa shape index (κ3) is 2.58. The van der Waals surface area contributed by atoms with Gasteiger partial charge < -0.3 is 9.64 Å². The summed E-state index contributed by atoms with van der Waals surface area (Å²) in [6, 6.07) is 3.83. The van der Waals surface area contributed by atoms with E-state index in [2.05, 4.69) is 4.98 Å². The molecular weight excluding hydrogens is 204 g/mol. The van der Waals surface area contributed by atoms with Gasteiger partial charge in [0.05, 0.1) is 0 Å². The molecule has 1 aliphatic rings. The molecule has 4 heteroatoms. The molecule has 4 nitrogen and oxygen atoms in total. The van der Waals surface area contributed by atoms with Crippen molar-refractivity contribution in [2.75, 3.05) is 13.7 Å². The fourth-order valence-electron chi connectivity index (χ4n) is 1.86. The number of carbonyl (C=O) groups excluding carboxylic acids is 1. The Morgan fingerprint density at radius 3 is 2.94 bits per heavy atom. The largest absolute Gasteiger partial charge is 0.368 e. The molecule has 1 aliphatic heterocycles. The van der Waals surface area contributed by atoms with Gasteiger partial charge in [-0.1, -0.05) is 0 Å². The minimum absolute atomic E-state index is 0.0781. The third-order valence-corrected chi connectivity index (χ3v) is 2.75. The monoisotopic (exact) mass is 220 g/mol. The van der Waals surface area contributed by atoms with Gasteiger partial charge in [0.2, 0.25) is 0 Å². The second-order valence-corrected chi connectivity index (χ2v) is 4.05. The number of hydrogen-bond acceptors (Lipinski definition) is 3. The second-order valence-electron chi connectivity index (χ2n) is 4.05. The fraction of sp³-hybridized carbons (Fsp3) is 0.500. The first-order valence-electron chi connectivity index (χ1n) is 5.53. The number of likely N-dealkylation sites (N-methyl/N-ethyl adjacent to an activating group) is 1. The van der Waals surface area contributed by atoms with Crippen molar-refractivity contribution in [3.05, 3.63) is 30.1 Å². The van der Waals surface area contributed by atoms with Crippen LogP contribution in [-0.4, -0.2) is 35.5 Å². The quantitative estimate of drug-likeness (QED) is 0.769. The second kappa shape index (κ2) is 5.07. The molecule has 1 aromatic heterocycles. The van der Waals surface area contributed by atoms with Gasteiger partial charge >= 0.3 is 0 Å². The molecule has 0 radical (unpaired) electrons. The Hall–Kier alpha value is -1.42. The lowest BCUT2D eigenvalue weighted by Crippen LogP contribution is -2.35. The summed E-state index contributed by atoms with van der Waals surface area (Å²) >= 11 is 0. The van der Waals surface area contributed by atoms with Gasteiger partial charge in [-0.25, -0.2) is 0 Å². The van der Waals surface area contributed by atoms with Crippen molar-refractivity contribution in [1.29, 1.82) is 0 Å². The molecule has 1 atom stereocenters. The molecule has 1 fully saturated rings. The smallest absolute Gasteiger partial charge is 0.251 e. The molecule has 0 bridgehead atoms. The average molecular weight is 220 g/mol. The number of hydrogen-bond donors (Lipinski definition) is 0. The molecular formula is C12H16N2O2. The number of amides is 1. The van der Waals surface area contributed by atoms with Crippen molar-refractivity contribution in [3.8, 4) is 0 Å². The Balaban J connectivity index is 1.92. The van der Waals surface area contributed by atoms with Crippen LogP contribution in [0.2, 0.25) is 0 Å². The van der Waals surface area contributed by atoms with Crippen LogP contribution in [-0.2, 0) is 16.1 Å². The van der Waals surface area contributed by atoms with Gasteiger partial charge in [0.15, 0.2) is 0 Å². The average Bonchev–Trinajstić information content (AvgIpc) is 2.83. The molecule has 2 rings (SSSR count). The topological polar surface area (TPSA) is 42.4 Å². The third-order valence-electron chi connectivity index (χ3n) is 2.75. The summed E-state index contributed by atoms with van der Waals surface area (Å²) in [7, 11) is 1.81. The zero-order valence-corrected chi connectivity index (χ0v) is 9.43. The molecule has 0 saturated carbocycles. The zero-order chi connectivity index (χ0) is 11.4. The van der Waals surface area contributed by atoms with Crippen LogP contribution in [0.4, 0.5) is 0 Å². The van der Waals surface area contributed by atoms with Crippen LogP contribution >= 0.6 is 0 Å². The van der Waals surface area contributed by atoms with Crippen molar-refractivity contribution in [1.82, 2.24) is 9.88 Å². The van der Waals surface area contributed by atoms with Crippen LogP contribution in [0, 0.1) is 0 Å². The number of pyridine rings is 1. The van der Waals surface area contributed by atoms with E-state index in [0.717, 1.165) is 18.4 Å². The summed E-state index contributed by atoms with van der Waals surface area (Å²) in [6.45, 7) is 1.32. The van der Waals surface area contributed by atoms with E-state index >= 15 is 0 Å². The molecule has 0 unspecified atom stereocenters. The van der Waals surface area contributed by atoms with Gasteiger partial charge in [-0.05, 0) is 30.5 Å². The van der Waals surface area contributed by atoms with E-state index < -0.39 is 0 Å². The van der Waals surface area contributed by atoms with E-state index in [1.807, 2.05) is 19.2 Å². The first-order chi connectivity index (χ1) is 7.77. The van der Waals surface area contributed by atoms with Gasteiger partial charge in [0, 0.05) is 32.6 Å². The van der Waals surface area contributed by atoms with E-state index in [1.54, 1.807) is 17.3 Å². The van der Waals surface area contributed by atoms with Crippen molar-refractivity contribution in [2.24, 2.45) is 0 Å². The van der Waals surface area contributed by atoms with E-state index in [4.69, 9.17) is 4.74 Å². The van der Waals surface area contributed by atoms with Crippen LogP contribution < -0.4 is 0 Å². The Morgan fingerprint density at radius 1 is 1.56 bits per heavy atom. The molecule has 1 amide bonds. The van der Waals surface area contributed by atoms with Gasteiger partial charge in [0.25, 0.3) is 5.91 Å². The molecule has 1 saturated heterocycles. The van der Waals surface area contributed by atoms with Gasteiger partial charge in [-0.2, -0.15) is 0 Å². The van der Waals surface area contributed by atoms with Crippen LogP contribution in [0.25, 0.3) is 0 Å². The van der Waals surface area contributed by atoms with Gasteiger partial charge in [0.1, 0.15) is 6.10 Å². The summed E-state index contributed by atoms with van der Waals surface area (Å²) in [4.78, 5) is 17.6. The number of rotatable bonds is 3. The minimum Gasteiger partial charge on any atom is -0.368 e. The summed E-state index contributed by atoms with van der Waals surface area (Å²) in [6.07, 6.45) is 5.07. The predicted octanol–water partition coefficient (Wildman–Crippen LogP) is 1.22. The number of nitrogens with zero attached hydrogens (tertiary/aromatic N) is 2. The van der Waals surface area contributed by atoms with Gasteiger partial charge in [-0.15, -0.1) is 0 Å².